The quantitative estimate of drug-likeness (QED) is 0.843. The standard InChI is InChI=1S/C18H20F2N2O2/c1-3-24-17-9-7-14(11-21-17)18(23)22-12(2)4-5-13-6-8-15(19)16(20)10-13/h6-12H,3-5H2,1-2H3,(H,22,23). The van der Waals surface area contributed by atoms with Gasteiger partial charge in [0.05, 0.1) is 12.2 Å². The Bertz CT molecular complexity index is 690. The molecule has 4 nitrogen and oxygen atoms in total. The number of aromatic nitrogens is 1. The van der Waals surface area contributed by atoms with Gasteiger partial charge in [-0.25, -0.2) is 13.8 Å². The Kier molecular flexibility index (Phi) is 6.23. The lowest BCUT2D eigenvalue weighted by Gasteiger charge is -2.14. The Morgan fingerprint density at radius 2 is 2.04 bits per heavy atom. The Hall–Kier alpha value is -2.50. The van der Waals surface area contributed by atoms with Crippen LogP contribution >= 0.6 is 0 Å². The monoisotopic (exact) mass is 334 g/mol. The van der Waals surface area contributed by atoms with Crippen LogP contribution in [0.2, 0.25) is 0 Å². The zero-order chi connectivity index (χ0) is 17.5. The number of nitrogens with one attached hydrogen (secondary N) is 1. The van der Waals surface area contributed by atoms with E-state index in [0.717, 1.165) is 6.07 Å². The zero-order valence-electron chi connectivity index (χ0n) is 13.7. The molecule has 0 saturated carbocycles. The van der Waals surface area contributed by atoms with Crippen molar-refractivity contribution in [1.82, 2.24) is 10.3 Å². The van der Waals surface area contributed by atoms with Crippen LogP contribution in [-0.4, -0.2) is 23.5 Å². The molecule has 0 aliphatic heterocycles. The van der Waals surface area contributed by atoms with E-state index < -0.39 is 11.6 Å². The maximum absolute atomic E-state index is 13.2. The van der Waals surface area contributed by atoms with E-state index in [9.17, 15) is 13.6 Å². The summed E-state index contributed by atoms with van der Waals surface area (Å²) < 4.78 is 31.3. The van der Waals surface area contributed by atoms with Crippen molar-refractivity contribution in [3.8, 4) is 5.88 Å². The van der Waals surface area contributed by atoms with Gasteiger partial charge >= 0.3 is 0 Å². The molecular formula is C18H20F2N2O2. The second kappa shape index (κ2) is 8.38. The number of pyridine rings is 1. The van der Waals surface area contributed by atoms with Gasteiger partial charge in [0, 0.05) is 18.3 Å². The predicted molar refractivity (Wildman–Crippen MR) is 87.0 cm³/mol. The number of benzene rings is 1. The number of ether oxygens (including phenoxy) is 1. The molecule has 2 rings (SSSR count). The molecule has 128 valence electrons. The molecular weight excluding hydrogens is 314 g/mol. The van der Waals surface area contributed by atoms with Crippen LogP contribution in [0.1, 0.15) is 36.2 Å². The van der Waals surface area contributed by atoms with Gasteiger partial charge in [0.25, 0.3) is 5.91 Å². The van der Waals surface area contributed by atoms with Crippen molar-refractivity contribution in [3.05, 3.63) is 59.3 Å². The smallest absolute Gasteiger partial charge is 0.253 e. The fourth-order valence-corrected chi connectivity index (χ4v) is 2.21. The lowest BCUT2D eigenvalue weighted by molar-refractivity contribution is 0.0938. The maximum Gasteiger partial charge on any atom is 0.253 e. The number of halogens is 2. The first kappa shape index (κ1) is 17.8. The van der Waals surface area contributed by atoms with Crippen molar-refractivity contribution in [2.75, 3.05) is 6.61 Å². The van der Waals surface area contributed by atoms with Crippen LogP contribution in [0.4, 0.5) is 8.78 Å². The summed E-state index contributed by atoms with van der Waals surface area (Å²) in [5.41, 5.74) is 1.14. The molecule has 0 aliphatic rings. The van der Waals surface area contributed by atoms with Crippen LogP contribution in [0.25, 0.3) is 0 Å². The van der Waals surface area contributed by atoms with Crippen LogP contribution in [0.15, 0.2) is 36.5 Å². The molecule has 0 aliphatic carbocycles. The Morgan fingerprint density at radius 1 is 1.25 bits per heavy atom. The lowest BCUT2D eigenvalue weighted by atomic mass is 10.1. The first-order chi connectivity index (χ1) is 11.5. The second-order valence-electron chi connectivity index (χ2n) is 5.48. The maximum atomic E-state index is 13.2. The van der Waals surface area contributed by atoms with Crippen LogP contribution in [-0.2, 0) is 6.42 Å². The largest absolute Gasteiger partial charge is 0.478 e. The van der Waals surface area contributed by atoms with Crippen molar-refractivity contribution in [2.45, 2.75) is 32.7 Å². The number of amides is 1. The molecule has 0 saturated heterocycles. The number of carbonyl (C=O) groups is 1. The summed E-state index contributed by atoms with van der Waals surface area (Å²) in [5, 5.41) is 2.86. The van der Waals surface area contributed by atoms with E-state index in [1.165, 1.54) is 12.3 Å². The number of aryl methyl sites for hydroxylation is 1. The number of nitrogens with zero attached hydrogens (tertiary/aromatic N) is 1. The van der Waals surface area contributed by atoms with E-state index in [4.69, 9.17) is 4.74 Å². The number of hydrogen-bond donors (Lipinski definition) is 1. The first-order valence-corrected chi connectivity index (χ1v) is 7.83. The summed E-state index contributed by atoms with van der Waals surface area (Å²) in [6.07, 6.45) is 2.61. The SMILES string of the molecule is CCOc1ccc(C(=O)NC(C)CCc2ccc(F)c(F)c2)cn1. The molecule has 0 spiro atoms. The summed E-state index contributed by atoms with van der Waals surface area (Å²) in [6.45, 7) is 4.23. The Balaban J connectivity index is 1.85. The molecule has 1 amide bonds. The second-order valence-corrected chi connectivity index (χ2v) is 5.48. The average molecular weight is 334 g/mol. The van der Waals surface area contributed by atoms with Gasteiger partial charge in [-0.3, -0.25) is 4.79 Å². The van der Waals surface area contributed by atoms with Crippen LogP contribution < -0.4 is 10.1 Å². The minimum absolute atomic E-state index is 0.114. The third kappa shape index (κ3) is 5.01. The summed E-state index contributed by atoms with van der Waals surface area (Å²) in [4.78, 5) is 16.2. The lowest BCUT2D eigenvalue weighted by Crippen LogP contribution is -2.32. The third-order valence-electron chi connectivity index (χ3n) is 3.52. The van der Waals surface area contributed by atoms with Crippen molar-refractivity contribution in [1.29, 1.82) is 0 Å². The zero-order valence-corrected chi connectivity index (χ0v) is 13.7. The van der Waals surface area contributed by atoms with Gasteiger partial charge in [-0.1, -0.05) is 6.07 Å². The third-order valence-corrected chi connectivity index (χ3v) is 3.52. The normalized spacial score (nSPS) is 11.8. The molecule has 24 heavy (non-hydrogen) atoms. The molecule has 1 heterocycles. The van der Waals surface area contributed by atoms with Crippen LogP contribution in [0, 0.1) is 11.6 Å². The van der Waals surface area contributed by atoms with Gasteiger partial charge in [-0.15, -0.1) is 0 Å². The highest BCUT2D eigenvalue weighted by molar-refractivity contribution is 5.94. The van der Waals surface area contributed by atoms with E-state index in [-0.39, 0.29) is 11.9 Å². The molecule has 2 aromatic rings. The van der Waals surface area contributed by atoms with Gasteiger partial charge in [0.2, 0.25) is 5.88 Å². The summed E-state index contributed by atoms with van der Waals surface area (Å²) >= 11 is 0. The van der Waals surface area contributed by atoms with Gasteiger partial charge in [-0.05, 0) is 50.5 Å². The first-order valence-electron chi connectivity index (χ1n) is 7.83. The van der Waals surface area contributed by atoms with Crippen molar-refractivity contribution < 1.29 is 18.3 Å². The highest BCUT2D eigenvalue weighted by atomic mass is 19.2. The number of hydrogen-bond acceptors (Lipinski definition) is 3. The molecule has 1 aromatic carbocycles. The van der Waals surface area contributed by atoms with Crippen molar-refractivity contribution in [3.63, 3.8) is 0 Å². The molecule has 1 unspecified atom stereocenters. The highest BCUT2D eigenvalue weighted by Gasteiger charge is 2.11. The van der Waals surface area contributed by atoms with E-state index in [2.05, 4.69) is 10.3 Å². The number of rotatable bonds is 7. The highest BCUT2D eigenvalue weighted by Crippen LogP contribution is 2.12. The number of carbonyl (C=O) groups excluding carboxylic acids is 1. The molecule has 0 radical (unpaired) electrons. The molecule has 6 heteroatoms. The molecule has 0 fully saturated rings. The van der Waals surface area contributed by atoms with Crippen molar-refractivity contribution in [2.24, 2.45) is 0 Å². The van der Waals surface area contributed by atoms with Gasteiger partial charge in [0.15, 0.2) is 11.6 Å². The minimum atomic E-state index is -0.858. The average Bonchev–Trinajstić information content (AvgIpc) is 2.57. The molecule has 1 atom stereocenters. The summed E-state index contributed by atoms with van der Waals surface area (Å²) in [6, 6.07) is 7.01. The van der Waals surface area contributed by atoms with E-state index >= 15 is 0 Å². The minimum Gasteiger partial charge on any atom is -0.478 e. The van der Waals surface area contributed by atoms with E-state index in [1.807, 2.05) is 13.8 Å². The van der Waals surface area contributed by atoms with E-state index in [0.29, 0.717) is 36.5 Å². The summed E-state index contributed by atoms with van der Waals surface area (Å²) in [5.74, 6) is -1.48. The molecule has 1 aromatic heterocycles. The molecule has 1 N–H and O–H groups in total. The van der Waals surface area contributed by atoms with Crippen molar-refractivity contribution >= 4 is 5.91 Å². The van der Waals surface area contributed by atoms with Gasteiger partial charge in [-0.2, -0.15) is 0 Å². The molecule has 0 bridgehead atoms. The fraction of sp³-hybridized carbons (Fsp3) is 0.333. The Morgan fingerprint density at radius 3 is 2.67 bits per heavy atom. The van der Waals surface area contributed by atoms with Gasteiger partial charge in [0.1, 0.15) is 0 Å². The fourth-order valence-electron chi connectivity index (χ4n) is 2.21. The van der Waals surface area contributed by atoms with Crippen LogP contribution in [0.3, 0.4) is 0 Å². The predicted octanol–water partition coefficient (Wildman–Crippen LogP) is 3.51. The summed E-state index contributed by atoms with van der Waals surface area (Å²) in [7, 11) is 0. The van der Waals surface area contributed by atoms with Gasteiger partial charge < -0.3 is 10.1 Å². The van der Waals surface area contributed by atoms with Crippen LogP contribution in [0.5, 0.6) is 5.88 Å². The topological polar surface area (TPSA) is 51.2 Å². The Labute approximate surface area is 139 Å². The van der Waals surface area contributed by atoms with E-state index in [1.54, 1.807) is 18.2 Å².